The first-order valence-corrected chi connectivity index (χ1v) is 11.8. The minimum Gasteiger partial charge on any atom is -0.469 e. The van der Waals surface area contributed by atoms with E-state index in [1.807, 2.05) is 12.1 Å². The first-order chi connectivity index (χ1) is 13.1. The zero-order chi connectivity index (χ0) is 19.1. The number of rotatable bonds is 7. The van der Waals surface area contributed by atoms with E-state index in [1.54, 1.807) is 17.5 Å². The van der Waals surface area contributed by atoms with Gasteiger partial charge < -0.3 is 15.1 Å². The Kier molecular flexibility index (Phi) is 7.18. The molecule has 0 radical (unpaired) electrons. The maximum absolute atomic E-state index is 12.0. The highest BCUT2D eigenvalue weighted by molar-refractivity contribution is 7.89. The third-order valence-electron chi connectivity index (χ3n) is 5.46. The molecule has 1 aliphatic heterocycles. The van der Waals surface area contributed by atoms with E-state index in [0.717, 1.165) is 31.0 Å². The number of guanidine groups is 1. The molecule has 0 amide bonds. The Hall–Kier alpha value is -1.54. The van der Waals surface area contributed by atoms with Gasteiger partial charge in [-0.25, -0.2) is 12.7 Å². The Bertz CT molecular complexity index is 689. The van der Waals surface area contributed by atoms with Gasteiger partial charge in [-0.15, -0.1) is 0 Å². The van der Waals surface area contributed by atoms with Crippen molar-refractivity contribution in [1.82, 2.24) is 14.9 Å². The van der Waals surface area contributed by atoms with Gasteiger partial charge in [0, 0.05) is 38.1 Å². The molecule has 0 atom stereocenters. The second kappa shape index (κ2) is 9.59. The highest BCUT2D eigenvalue weighted by Crippen LogP contribution is 2.18. The van der Waals surface area contributed by atoms with Crippen molar-refractivity contribution in [3.8, 4) is 0 Å². The van der Waals surface area contributed by atoms with E-state index in [0.29, 0.717) is 25.7 Å². The minimum atomic E-state index is -3.08. The summed E-state index contributed by atoms with van der Waals surface area (Å²) in [6.45, 7) is 3.53. The molecule has 0 bridgehead atoms. The first kappa shape index (κ1) is 20.2. The molecule has 0 unspecified atom stereocenters. The zero-order valence-corrected chi connectivity index (χ0v) is 17.0. The molecule has 2 N–H and O–H groups in total. The second-order valence-electron chi connectivity index (χ2n) is 7.40. The molecule has 1 aromatic rings. The summed E-state index contributed by atoms with van der Waals surface area (Å²) in [5.41, 5.74) is 0. The van der Waals surface area contributed by atoms with Crippen molar-refractivity contribution in [3.05, 3.63) is 24.2 Å². The third-order valence-corrected chi connectivity index (χ3v) is 7.34. The van der Waals surface area contributed by atoms with Gasteiger partial charge in [-0.1, -0.05) is 12.8 Å². The van der Waals surface area contributed by atoms with Gasteiger partial charge in [0.05, 0.1) is 12.0 Å². The first-order valence-electron chi connectivity index (χ1n) is 10.1. The van der Waals surface area contributed by atoms with Crippen molar-refractivity contribution < 1.29 is 12.8 Å². The summed E-state index contributed by atoms with van der Waals surface area (Å²) < 4.78 is 31.1. The van der Waals surface area contributed by atoms with Crippen LogP contribution < -0.4 is 10.6 Å². The van der Waals surface area contributed by atoms with Gasteiger partial charge >= 0.3 is 0 Å². The minimum absolute atomic E-state index is 0.174. The van der Waals surface area contributed by atoms with E-state index in [-0.39, 0.29) is 11.8 Å². The fourth-order valence-electron chi connectivity index (χ4n) is 3.78. The summed E-state index contributed by atoms with van der Waals surface area (Å²) in [6, 6.07) is 4.61. The van der Waals surface area contributed by atoms with Crippen LogP contribution in [0.15, 0.2) is 27.8 Å². The topological polar surface area (TPSA) is 86.9 Å². The van der Waals surface area contributed by atoms with E-state index in [4.69, 9.17) is 9.41 Å². The van der Waals surface area contributed by atoms with Crippen molar-refractivity contribution in [2.75, 3.05) is 25.4 Å². The van der Waals surface area contributed by atoms with Gasteiger partial charge in [0.1, 0.15) is 5.76 Å². The number of hydrogen-bond donors (Lipinski definition) is 2. The van der Waals surface area contributed by atoms with Crippen LogP contribution in [0.25, 0.3) is 0 Å². The van der Waals surface area contributed by atoms with Gasteiger partial charge in [0.25, 0.3) is 0 Å². The van der Waals surface area contributed by atoms with Gasteiger partial charge in [-0.05, 0) is 44.7 Å². The fourth-order valence-corrected chi connectivity index (χ4v) is 4.92. The zero-order valence-electron chi connectivity index (χ0n) is 16.2. The molecule has 3 rings (SSSR count). The summed E-state index contributed by atoms with van der Waals surface area (Å²) in [5, 5.41) is 7.11. The van der Waals surface area contributed by atoms with Crippen LogP contribution in [0.2, 0.25) is 0 Å². The molecule has 2 fully saturated rings. The van der Waals surface area contributed by atoms with E-state index in [1.165, 1.54) is 25.7 Å². The highest BCUT2D eigenvalue weighted by atomic mass is 32.2. The maximum Gasteiger partial charge on any atom is 0.213 e. The lowest BCUT2D eigenvalue weighted by Crippen LogP contribution is -2.51. The smallest absolute Gasteiger partial charge is 0.213 e. The number of hydrogen-bond acceptors (Lipinski definition) is 4. The molecular formula is C19H32N4O3S. The molecule has 7 nitrogen and oxygen atoms in total. The predicted octanol–water partition coefficient (Wildman–Crippen LogP) is 2.11. The summed E-state index contributed by atoms with van der Waals surface area (Å²) in [4.78, 5) is 4.74. The number of nitrogens with zero attached hydrogens (tertiary/aromatic N) is 2. The van der Waals surface area contributed by atoms with E-state index in [2.05, 4.69) is 10.6 Å². The summed E-state index contributed by atoms with van der Waals surface area (Å²) >= 11 is 0. The summed E-state index contributed by atoms with van der Waals surface area (Å²) in [5.74, 6) is 1.97. The van der Waals surface area contributed by atoms with Crippen molar-refractivity contribution in [1.29, 1.82) is 0 Å². The Morgan fingerprint density at radius 2 is 1.85 bits per heavy atom. The molecule has 1 aliphatic carbocycles. The standard InChI is InChI=1S/C19H32N4O3S/c1-2-27(24,25)23-13-10-17(11-14-23)22-19(21-16-6-3-4-7-16)20-12-9-18-8-5-15-26-18/h5,8,15-17H,2-4,6-7,9-14H2,1H3,(H2,20,21,22). The van der Waals surface area contributed by atoms with Crippen LogP contribution in [0.5, 0.6) is 0 Å². The van der Waals surface area contributed by atoms with E-state index < -0.39 is 10.0 Å². The highest BCUT2D eigenvalue weighted by Gasteiger charge is 2.27. The lowest BCUT2D eigenvalue weighted by Gasteiger charge is -2.32. The molecule has 1 aromatic heterocycles. The lowest BCUT2D eigenvalue weighted by molar-refractivity contribution is 0.306. The Morgan fingerprint density at radius 1 is 1.19 bits per heavy atom. The van der Waals surface area contributed by atoms with Crippen LogP contribution in [0.1, 0.15) is 51.2 Å². The molecule has 1 saturated heterocycles. The third kappa shape index (κ3) is 5.97. The largest absolute Gasteiger partial charge is 0.469 e. The fraction of sp³-hybridized carbons (Fsp3) is 0.737. The number of aliphatic imine (C=N–C) groups is 1. The molecule has 1 saturated carbocycles. The Labute approximate surface area is 162 Å². The molecule has 0 spiro atoms. The van der Waals surface area contributed by atoms with Gasteiger partial charge in [-0.2, -0.15) is 0 Å². The summed E-state index contributed by atoms with van der Waals surface area (Å²) in [6.07, 6.45) is 8.99. The predicted molar refractivity (Wildman–Crippen MR) is 107 cm³/mol. The molecule has 2 aliphatic rings. The van der Waals surface area contributed by atoms with Crippen molar-refractivity contribution in [2.45, 2.75) is 64.0 Å². The van der Waals surface area contributed by atoms with Crippen LogP contribution in [-0.4, -0.2) is 56.2 Å². The van der Waals surface area contributed by atoms with Gasteiger partial charge in [0.2, 0.25) is 10.0 Å². The van der Waals surface area contributed by atoms with Gasteiger partial charge in [-0.3, -0.25) is 4.99 Å². The average molecular weight is 397 g/mol. The van der Waals surface area contributed by atoms with Crippen LogP contribution in [0.4, 0.5) is 0 Å². The van der Waals surface area contributed by atoms with E-state index >= 15 is 0 Å². The van der Waals surface area contributed by atoms with Crippen molar-refractivity contribution in [3.63, 3.8) is 0 Å². The SMILES string of the molecule is CCS(=O)(=O)N1CCC(NC(=NCCc2ccco2)NC2CCCC2)CC1. The normalized spacial score (nSPS) is 20.9. The summed E-state index contributed by atoms with van der Waals surface area (Å²) in [7, 11) is -3.08. The number of nitrogens with one attached hydrogen (secondary N) is 2. The van der Waals surface area contributed by atoms with Crippen molar-refractivity contribution in [2.24, 2.45) is 4.99 Å². The lowest BCUT2D eigenvalue weighted by atomic mass is 10.1. The van der Waals surface area contributed by atoms with E-state index in [9.17, 15) is 8.42 Å². The van der Waals surface area contributed by atoms with Crippen LogP contribution >= 0.6 is 0 Å². The Morgan fingerprint density at radius 3 is 2.44 bits per heavy atom. The van der Waals surface area contributed by atoms with Crippen LogP contribution in [0.3, 0.4) is 0 Å². The second-order valence-corrected chi connectivity index (χ2v) is 9.66. The molecule has 27 heavy (non-hydrogen) atoms. The molecule has 2 heterocycles. The molecule has 152 valence electrons. The quantitative estimate of drug-likeness (QED) is 0.544. The molecular weight excluding hydrogens is 364 g/mol. The molecule has 0 aromatic carbocycles. The monoisotopic (exact) mass is 396 g/mol. The van der Waals surface area contributed by atoms with Crippen molar-refractivity contribution >= 4 is 16.0 Å². The van der Waals surface area contributed by atoms with Crippen LogP contribution in [0, 0.1) is 0 Å². The Balaban J connectivity index is 1.54. The number of furan rings is 1. The molecule has 8 heteroatoms. The number of piperidine rings is 1. The number of sulfonamides is 1. The van der Waals surface area contributed by atoms with Crippen LogP contribution in [-0.2, 0) is 16.4 Å². The maximum atomic E-state index is 12.0. The van der Waals surface area contributed by atoms with Gasteiger partial charge in [0.15, 0.2) is 5.96 Å². The average Bonchev–Trinajstić information content (AvgIpc) is 3.36.